The average Bonchev–Trinajstić information content (AvgIpc) is 2.86. The highest BCUT2D eigenvalue weighted by atomic mass is 32.1. The molecule has 2 aliphatic carbocycles. The van der Waals surface area contributed by atoms with Crippen molar-refractivity contribution >= 4 is 11.3 Å². The lowest BCUT2D eigenvalue weighted by Gasteiger charge is -2.35. The van der Waals surface area contributed by atoms with Crippen molar-refractivity contribution in [3.05, 3.63) is 16.1 Å². The molecule has 2 aliphatic rings. The van der Waals surface area contributed by atoms with Crippen molar-refractivity contribution < 1.29 is 0 Å². The summed E-state index contributed by atoms with van der Waals surface area (Å²) in [6.07, 6.45) is 8.02. The van der Waals surface area contributed by atoms with Gasteiger partial charge in [0.15, 0.2) is 0 Å². The minimum atomic E-state index is 0.217. The lowest BCUT2D eigenvalue weighted by atomic mass is 9.85. The van der Waals surface area contributed by atoms with Crippen LogP contribution in [0.4, 0.5) is 0 Å². The molecule has 0 radical (unpaired) electrons. The molecule has 3 heteroatoms. The molecule has 2 atom stereocenters. The van der Waals surface area contributed by atoms with E-state index in [-0.39, 0.29) is 5.54 Å². The van der Waals surface area contributed by atoms with Crippen molar-refractivity contribution in [2.75, 3.05) is 0 Å². The number of thiazole rings is 1. The van der Waals surface area contributed by atoms with Crippen LogP contribution in [0, 0.1) is 12.8 Å². The van der Waals surface area contributed by atoms with Gasteiger partial charge in [0, 0.05) is 17.1 Å². The van der Waals surface area contributed by atoms with Gasteiger partial charge < -0.3 is 5.32 Å². The molecule has 2 unspecified atom stereocenters. The van der Waals surface area contributed by atoms with Crippen LogP contribution < -0.4 is 5.32 Å². The maximum atomic E-state index is 4.80. The second kappa shape index (κ2) is 4.36. The van der Waals surface area contributed by atoms with Gasteiger partial charge in [-0.3, -0.25) is 0 Å². The zero-order valence-electron chi connectivity index (χ0n) is 10.8. The van der Waals surface area contributed by atoms with Crippen LogP contribution in [0.1, 0.15) is 56.2 Å². The van der Waals surface area contributed by atoms with Crippen LogP contribution in [0.3, 0.4) is 0 Å². The molecule has 1 aromatic heterocycles. The van der Waals surface area contributed by atoms with Crippen LogP contribution >= 0.6 is 11.3 Å². The lowest BCUT2D eigenvalue weighted by molar-refractivity contribution is 0.236. The Morgan fingerprint density at radius 1 is 1.47 bits per heavy atom. The number of nitrogens with one attached hydrogen (secondary N) is 1. The number of aromatic nitrogens is 1. The standard InChI is InChI=1S/C14H22N2S/c1-3-11-5-4-8-14(11,16-12-6-7-12)13-15-10(2)9-17-13/h9,11-12,16H,3-8H2,1-2H3. The molecule has 2 nitrogen and oxygen atoms in total. The molecule has 0 aliphatic heterocycles. The van der Waals surface area contributed by atoms with Gasteiger partial charge in [-0.25, -0.2) is 4.98 Å². The van der Waals surface area contributed by atoms with Crippen LogP contribution in [0.5, 0.6) is 0 Å². The van der Waals surface area contributed by atoms with Crippen molar-refractivity contribution in [2.24, 2.45) is 5.92 Å². The summed E-state index contributed by atoms with van der Waals surface area (Å²) in [5.74, 6) is 0.786. The number of nitrogens with zero attached hydrogens (tertiary/aromatic N) is 1. The largest absolute Gasteiger partial charge is 0.302 e. The molecule has 2 fully saturated rings. The molecule has 0 spiro atoms. The maximum Gasteiger partial charge on any atom is 0.113 e. The number of hydrogen-bond donors (Lipinski definition) is 1. The summed E-state index contributed by atoms with van der Waals surface area (Å²) in [7, 11) is 0. The highest BCUT2D eigenvalue weighted by Crippen LogP contribution is 2.47. The van der Waals surface area contributed by atoms with Crippen LogP contribution in [0.25, 0.3) is 0 Å². The molecule has 1 heterocycles. The van der Waals surface area contributed by atoms with Gasteiger partial charge >= 0.3 is 0 Å². The molecule has 3 rings (SSSR count). The number of aryl methyl sites for hydroxylation is 1. The fourth-order valence-electron chi connectivity index (χ4n) is 3.31. The van der Waals surface area contributed by atoms with Crippen molar-refractivity contribution in [3.63, 3.8) is 0 Å². The van der Waals surface area contributed by atoms with E-state index in [0.29, 0.717) is 0 Å². The molecule has 1 aromatic rings. The predicted molar refractivity (Wildman–Crippen MR) is 72.3 cm³/mol. The first-order valence-electron chi connectivity index (χ1n) is 6.95. The summed E-state index contributed by atoms with van der Waals surface area (Å²) >= 11 is 1.86. The summed E-state index contributed by atoms with van der Waals surface area (Å²) in [5.41, 5.74) is 1.40. The summed E-state index contributed by atoms with van der Waals surface area (Å²) < 4.78 is 0. The Labute approximate surface area is 108 Å². The summed E-state index contributed by atoms with van der Waals surface area (Å²) in [4.78, 5) is 4.80. The van der Waals surface area contributed by atoms with Gasteiger partial charge in [-0.1, -0.05) is 19.8 Å². The Kier molecular flexibility index (Phi) is 2.99. The van der Waals surface area contributed by atoms with Crippen molar-refractivity contribution in [1.29, 1.82) is 0 Å². The monoisotopic (exact) mass is 250 g/mol. The molecule has 0 bridgehead atoms. The third kappa shape index (κ3) is 2.04. The van der Waals surface area contributed by atoms with E-state index in [1.807, 2.05) is 11.3 Å². The Hall–Kier alpha value is -0.410. The highest BCUT2D eigenvalue weighted by molar-refractivity contribution is 7.09. The van der Waals surface area contributed by atoms with Crippen LogP contribution in [-0.4, -0.2) is 11.0 Å². The molecular weight excluding hydrogens is 228 g/mol. The topological polar surface area (TPSA) is 24.9 Å². The number of hydrogen-bond acceptors (Lipinski definition) is 3. The van der Waals surface area contributed by atoms with E-state index < -0.39 is 0 Å². The Balaban J connectivity index is 1.94. The van der Waals surface area contributed by atoms with E-state index in [0.717, 1.165) is 12.0 Å². The first-order chi connectivity index (χ1) is 8.24. The lowest BCUT2D eigenvalue weighted by Crippen LogP contribution is -2.46. The van der Waals surface area contributed by atoms with Crippen molar-refractivity contribution in [2.45, 2.75) is 64.0 Å². The quantitative estimate of drug-likeness (QED) is 0.883. The molecule has 1 N–H and O–H groups in total. The van der Waals surface area contributed by atoms with Crippen LogP contribution in [-0.2, 0) is 5.54 Å². The first kappa shape index (κ1) is 11.7. The Morgan fingerprint density at radius 2 is 2.29 bits per heavy atom. The van der Waals surface area contributed by atoms with E-state index in [9.17, 15) is 0 Å². The van der Waals surface area contributed by atoms with E-state index in [4.69, 9.17) is 4.98 Å². The van der Waals surface area contributed by atoms with E-state index in [1.165, 1.54) is 49.2 Å². The maximum absolute atomic E-state index is 4.80. The van der Waals surface area contributed by atoms with Gasteiger partial charge in [-0.05, 0) is 38.5 Å². The zero-order valence-corrected chi connectivity index (χ0v) is 11.6. The molecule has 94 valence electrons. The summed E-state index contributed by atoms with van der Waals surface area (Å²) in [6, 6.07) is 0.770. The predicted octanol–water partition coefficient (Wildman–Crippen LogP) is 3.61. The van der Waals surface area contributed by atoms with Crippen LogP contribution in [0.2, 0.25) is 0 Å². The van der Waals surface area contributed by atoms with E-state index in [2.05, 4.69) is 24.5 Å². The average molecular weight is 250 g/mol. The van der Waals surface area contributed by atoms with Gasteiger partial charge in [0.25, 0.3) is 0 Å². The van der Waals surface area contributed by atoms with E-state index in [1.54, 1.807) is 0 Å². The van der Waals surface area contributed by atoms with Crippen molar-refractivity contribution in [3.8, 4) is 0 Å². The van der Waals surface area contributed by atoms with Gasteiger partial charge in [-0.15, -0.1) is 11.3 Å². The fraction of sp³-hybridized carbons (Fsp3) is 0.786. The molecule has 0 amide bonds. The minimum Gasteiger partial charge on any atom is -0.302 e. The number of rotatable bonds is 4. The van der Waals surface area contributed by atoms with Crippen LogP contribution in [0.15, 0.2) is 5.38 Å². The molecule has 17 heavy (non-hydrogen) atoms. The molecule has 2 saturated carbocycles. The Morgan fingerprint density at radius 3 is 2.88 bits per heavy atom. The second-order valence-electron chi connectivity index (χ2n) is 5.68. The smallest absolute Gasteiger partial charge is 0.113 e. The van der Waals surface area contributed by atoms with Gasteiger partial charge in [0.05, 0.1) is 5.54 Å². The third-order valence-corrected chi connectivity index (χ3v) is 5.49. The minimum absolute atomic E-state index is 0.217. The molecule has 0 saturated heterocycles. The fourth-order valence-corrected chi connectivity index (χ4v) is 4.38. The van der Waals surface area contributed by atoms with Gasteiger partial charge in [0.2, 0.25) is 0 Å². The second-order valence-corrected chi connectivity index (χ2v) is 6.54. The van der Waals surface area contributed by atoms with Gasteiger partial charge in [0.1, 0.15) is 5.01 Å². The molecular formula is C14H22N2S. The van der Waals surface area contributed by atoms with Gasteiger partial charge in [-0.2, -0.15) is 0 Å². The molecule has 0 aromatic carbocycles. The van der Waals surface area contributed by atoms with E-state index >= 15 is 0 Å². The SMILES string of the molecule is CCC1CCCC1(NC1CC1)c1nc(C)cs1. The van der Waals surface area contributed by atoms with Crippen molar-refractivity contribution in [1.82, 2.24) is 10.3 Å². The highest BCUT2D eigenvalue weighted by Gasteiger charge is 2.47. The first-order valence-corrected chi connectivity index (χ1v) is 7.83. The summed E-state index contributed by atoms with van der Waals surface area (Å²) in [5, 5.41) is 7.50. The zero-order chi connectivity index (χ0) is 11.9. The summed E-state index contributed by atoms with van der Waals surface area (Å²) in [6.45, 7) is 4.44. The normalized spacial score (nSPS) is 33.2. The Bertz CT molecular complexity index is 397. The third-order valence-electron chi connectivity index (χ3n) is 4.35.